The second-order valence-corrected chi connectivity index (χ2v) is 6.49. The van der Waals surface area contributed by atoms with Crippen LogP contribution < -0.4 is 5.32 Å². The number of rotatable bonds is 2. The summed E-state index contributed by atoms with van der Waals surface area (Å²) in [5.74, 6) is -1.51. The van der Waals surface area contributed by atoms with Gasteiger partial charge in [-0.3, -0.25) is 9.59 Å². The predicted molar refractivity (Wildman–Crippen MR) is 73.1 cm³/mol. The third-order valence-corrected chi connectivity index (χ3v) is 5.24. The summed E-state index contributed by atoms with van der Waals surface area (Å²) in [5, 5.41) is 2.54. The van der Waals surface area contributed by atoms with Crippen LogP contribution in [0.1, 0.15) is 18.4 Å². The molecular weight excluding hydrogens is 311 g/mol. The number of hydrogen-bond donors (Lipinski definition) is 1. The molecule has 2 saturated carbocycles. The molecule has 3 aliphatic rings. The Bertz CT molecular complexity index is 685. The molecule has 0 aromatic heterocycles. The summed E-state index contributed by atoms with van der Waals surface area (Å²) in [6, 6.07) is 4.52. The summed E-state index contributed by atoms with van der Waals surface area (Å²) in [5.41, 5.74) is -0.723. The molecular formula is C16H14F3NO3. The van der Waals surface area contributed by atoms with Crippen molar-refractivity contribution in [2.75, 3.05) is 5.32 Å². The van der Waals surface area contributed by atoms with Crippen molar-refractivity contribution in [3.8, 4) is 0 Å². The molecule has 23 heavy (non-hydrogen) atoms. The van der Waals surface area contributed by atoms with Gasteiger partial charge in [0.25, 0.3) is 0 Å². The van der Waals surface area contributed by atoms with Crippen LogP contribution in [0.4, 0.5) is 18.9 Å². The summed E-state index contributed by atoms with van der Waals surface area (Å²) >= 11 is 0. The smallest absolute Gasteiger partial charge is 0.416 e. The summed E-state index contributed by atoms with van der Waals surface area (Å²) in [4.78, 5) is 24.4. The lowest BCUT2D eigenvalue weighted by molar-refractivity contribution is -0.145. The van der Waals surface area contributed by atoms with Gasteiger partial charge in [0, 0.05) is 11.6 Å². The molecule has 1 aromatic rings. The van der Waals surface area contributed by atoms with Gasteiger partial charge in [-0.25, -0.2) is 0 Å². The average Bonchev–Trinajstić information content (AvgIpc) is 3.08. The van der Waals surface area contributed by atoms with E-state index in [9.17, 15) is 22.8 Å². The molecule has 0 unspecified atom stereocenters. The molecule has 2 aliphatic carbocycles. The molecule has 1 heterocycles. The number of alkyl halides is 3. The quantitative estimate of drug-likeness (QED) is 0.851. The number of anilines is 1. The van der Waals surface area contributed by atoms with Gasteiger partial charge in [-0.05, 0) is 37.0 Å². The van der Waals surface area contributed by atoms with Crippen LogP contribution in [0.3, 0.4) is 0 Å². The van der Waals surface area contributed by atoms with Crippen molar-refractivity contribution >= 4 is 17.6 Å². The molecule has 1 aliphatic heterocycles. The fourth-order valence-corrected chi connectivity index (χ4v) is 4.36. The van der Waals surface area contributed by atoms with Crippen molar-refractivity contribution in [3.05, 3.63) is 29.8 Å². The lowest BCUT2D eigenvalue weighted by atomic mass is 9.79. The number of halogens is 3. The lowest BCUT2D eigenvalue weighted by Gasteiger charge is -2.23. The van der Waals surface area contributed by atoms with Crippen molar-refractivity contribution in [2.45, 2.75) is 25.1 Å². The Kier molecular flexibility index (Phi) is 2.98. The Hall–Kier alpha value is -2.05. The zero-order valence-corrected chi connectivity index (χ0v) is 12.0. The first kappa shape index (κ1) is 14.5. The number of fused-ring (bicyclic) bond motifs is 1. The van der Waals surface area contributed by atoms with E-state index in [0.717, 1.165) is 18.6 Å². The van der Waals surface area contributed by atoms with Crippen LogP contribution in [0.25, 0.3) is 0 Å². The third-order valence-electron chi connectivity index (χ3n) is 5.24. The first-order chi connectivity index (χ1) is 10.8. The minimum atomic E-state index is -4.46. The molecule has 3 fully saturated rings. The molecule has 1 saturated heterocycles. The molecule has 1 N–H and O–H groups in total. The van der Waals surface area contributed by atoms with Gasteiger partial charge in [-0.2, -0.15) is 13.2 Å². The number of benzene rings is 1. The Labute approximate surface area is 130 Å². The predicted octanol–water partition coefficient (Wildman–Crippen LogP) is 2.84. The van der Waals surface area contributed by atoms with Crippen LogP contribution in [-0.2, 0) is 20.5 Å². The molecule has 1 aromatic carbocycles. The molecule has 7 heteroatoms. The van der Waals surface area contributed by atoms with Crippen LogP contribution in [-0.4, -0.2) is 18.0 Å². The standard InChI is InChI=1S/C16H14F3NO3/c17-16(18,19)8-2-1-3-9(6-8)20-14(21)12-7-4-10-11(5-7)23-15(22)13(10)12/h1-3,6-7,10-13H,4-5H2,(H,20,21)/t7-,10-,11-,12-,13+/m1/s1. The van der Waals surface area contributed by atoms with Crippen molar-refractivity contribution in [2.24, 2.45) is 23.7 Å². The van der Waals surface area contributed by atoms with Gasteiger partial charge >= 0.3 is 12.1 Å². The normalized spacial score (nSPS) is 34.6. The maximum atomic E-state index is 12.7. The largest absolute Gasteiger partial charge is 0.462 e. The highest BCUT2D eigenvalue weighted by Gasteiger charge is 2.63. The van der Waals surface area contributed by atoms with E-state index >= 15 is 0 Å². The van der Waals surface area contributed by atoms with Gasteiger partial charge in [0.2, 0.25) is 5.91 Å². The van der Waals surface area contributed by atoms with Crippen LogP contribution in [0.15, 0.2) is 24.3 Å². The fraction of sp³-hybridized carbons (Fsp3) is 0.500. The fourth-order valence-electron chi connectivity index (χ4n) is 4.36. The van der Waals surface area contributed by atoms with Crippen molar-refractivity contribution in [1.82, 2.24) is 0 Å². The van der Waals surface area contributed by atoms with Crippen LogP contribution >= 0.6 is 0 Å². The van der Waals surface area contributed by atoms with E-state index in [4.69, 9.17) is 4.74 Å². The number of amides is 1. The molecule has 122 valence electrons. The first-order valence-electron chi connectivity index (χ1n) is 7.53. The van der Waals surface area contributed by atoms with Crippen molar-refractivity contribution in [1.29, 1.82) is 0 Å². The van der Waals surface area contributed by atoms with E-state index < -0.39 is 23.6 Å². The van der Waals surface area contributed by atoms with E-state index in [1.807, 2.05) is 0 Å². The number of carbonyl (C=O) groups excluding carboxylic acids is 2. The Balaban J connectivity index is 1.54. The number of ether oxygens (including phenoxy) is 1. The summed E-state index contributed by atoms with van der Waals surface area (Å²) in [6.07, 6.45) is -3.08. The molecule has 5 atom stereocenters. The van der Waals surface area contributed by atoms with Crippen LogP contribution in [0.5, 0.6) is 0 Å². The second kappa shape index (κ2) is 4.72. The van der Waals surface area contributed by atoms with Crippen molar-refractivity contribution in [3.63, 3.8) is 0 Å². The average molecular weight is 325 g/mol. The summed E-state index contributed by atoms with van der Waals surface area (Å²) in [6.45, 7) is 0. The van der Waals surface area contributed by atoms with Crippen LogP contribution in [0, 0.1) is 23.7 Å². The first-order valence-corrected chi connectivity index (χ1v) is 7.53. The SMILES string of the molecule is O=C(Nc1cccc(C(F)(F)F)c1)[C@@H]1[C@@H]2C[C@H]3[C@@H]1C(=O)O[C@@H]3C2. The Morgan fingerprint density at radius 2 is 2.04 bits per heavy atom. The van der Waals surface area contributed by atoms with Gasteiger partial charge in [-0.1, -0.05) is 6.07 Å². The van der Waals surface area contributed by atoms with Gasteiger partial charge in [0.15, 0.2) is 0 Å². The molecule has 4 rings (SSSR count). The van der Waals surface area contributed by atoms with Gasteiger partial charge in [0.1, 0.15) is 6.10 Å². The zero-order valence-electron chi connectivity index (χ0n) is 12.0. The number of hydrogen-bond acceptors (Lipinski definition) is 3. The second-order valence-electron chi connectivity index (χ2n) is 6.49. The van der Waals surface area contributed by atoms with E-state index in [0.29, 0.717) is 6.42 Å². The van der Waals surface area contributed by atoms with Gasteiger partial charge < -0.3 is 10.1 Å². The number of esters is 1. The molecule has 1 amide bonds. The molecule has 2 bridgehead atoms. The molecule has 0 spiro atoms. The Morgan fingerprint density at radius 1 is 1.26 bits per heavy atom. The molecule has 4 nitrogen and oxygen atoms in total. The van der Waals surface area contributed by atoms with Crippen LogP contribution in [0.2, 0.25) is 0 Å². The van der Waals surface area contributed by atoms with E-state index in [-0.39, 0.29) is 35.5 Å². The van der Waals surface area contributed by atoms with E-state index in [2.05, 4.69) is 5.32 Å². The maximum absolute atomic E-state index is 12.7. The zero-order chi connectivity index (χ0) is 16.4. The monoisotopic (exact) mass is 325 g/mol. The topological polar surface area (TPSA) is 55.4 Å². The van der Waals surface area contributed by atoms with E-state index in [1.54, 1.807) is 0 Å². The third kappa shape index (κ3) is 2.21. The summed E-state index contributed by atoms with van der Waals surface area (Å²) < 4.78 is 43.5. The molecule has 0 radical (unpaired) electrons. The lowest BCUT2D eigenvalue weighted by Crippen LogP contribution is -2.35. The van der Waals surface area contributed by atoms with Gasteiger partial charge in [-0.15, -0.1) is 0 Å². The highest BCUT2D eigenvalue weighted by atomic mass is 19.4. The number of carbonyl (C=O) groups is 2. The highest BCUT2D eigenvalue weighted by molar-refractivity contribution is 5.97. The van der Waals surface area contributed by atoms with Crippen molar-refractivity contribution < 1.29 is 27.5 Å². The Morgan fingerprint density at radius 3 is 2.78 bits per heavy atom. The van der Waals surface area contributed by atoms with E-state index in [1.165, 1.54) is 12.1 Å². The minimum Gasteiger partial charge on any atom is -0.462 e. The number of nitrogens with one attached hydrogen (secondary N) is 1. The highest BCUT2D eigenvalue weighted by Crippen LogP contribution is 2.57. The maximum Gasteiger partial charge on any atom is 0.416 e. The van der Waals surface area contributed by atoms with Gasteiger partial charge in [0.05, 0.1) is 17.4 Å². The summed E-state index contributed by atoms with van der Waals surface area (Å²) in [7, 11) is 0. The minimum absolute atomic E-state index is 0.0740.